The van der Waals surface area contributed by atoms with Gasteiger partial charge in [0.1, 0.15) is 8.64 Å². The van der Waals surface area contributed by atoms with Gasteiger partial charge in [0.05, 0.1) is 10.5 Å². The van der Waals surface area contributed by atoms with Gasteiger partial charge in [-0.05, 0) is 66.2 Å². The normalized spacial score (nSPS) is 36.5. The van der Waals surface area contributed by atoms with Crippen molar-refractivity contribution in [3.05, 3.63) is 0 Å². The summed E-state index contributed by atoms with van der Waals surface area (Å²) in [6.45, 7) is 16.0. The van der Waals surface area contributed by atoms with E-state index >= 15 is 0 Å². The van der Waals surface area contributed by atoms with E-state index in [1.807, 2.05) is 6.92 Å². The number of esters is 1. The number of thioether (sulfide) groups is 2. The molecule has 4 saturated heterocycles. The second kappa shape index (κ2) is 12.1. The van der Waals surface area contributed by atoms with Gasteiger partial charge in [-0.1, -0.05) is 54.9 Å². The Morgan fingerprint density at radius 1 is 0.973 bits per heavy atom. The fourth-order valence-electron chi connectivity index (χ4n) is 6.54. The molecule has 5 rings (SSSR count). The summed E-state index contributed by atoms with van der Waals surface area (Å²) < 4.78 is 14.0. The molecule has 7 atom stereocenters. The molecule has 4 heterocycles. The van der Waals surface area contributed by atoms with Crippen molar-refractivity contribution in [2.45, 2.75) is 95.9 Å². The average Bonchev–Trinajstić information content (AvgIpc) is 3.09. The van der Waals surface area contributed by atoms with E-state index in [4.69, 9.17) is 43.7 Å². The molecular weight excluding hydrogens is 549 g/mol. The third-order valence-electron chi connectivity index (χ3n) is 8.74. The maximum absolute atomic E-state index is 13.6. The summed E-state index contributed by atoms with van der Waals surface area (Å²) in [5, 5.41) is 0. The number of rotatable bonds is 8. The lowest BCUT2D eigenvalue weighted by atomic mass is 9.57. The molecule has 2 bridgehead atoms. The number of fused-ring (bicyclic) bond motifs is 2. The number of carbonyl (C=O) groups is 1. The van der Waals surface area contributed by atoms with Gasteiger partial charge in [-0.15, -0.1) is 0 Å². The molecule has 1 aliphatic carbocycles. The maximum atomic E-state index is 13.6. The van der Waals surface area contributed by atoms with E-state index in [1.165, 1.54) is 0 Å². The summed E-state index contributed by atoms with van der Waals surface area (Å²) in [5.74, 6) is -0.829. The van der Waals surface area contributed by atoms with E-state index in [0.29, 0.717) is 12.3 Å². The zero-order chi connectivity index (χ0) is 27.0. The average molecular weight is 591 g/mol. The fraction of sp³-hybridized carbons (Fsp3) is 0.885. The molecule has 0 radical (unpaired) electrons. The predicted molar refractivity (Wildman–Crippen MR) is 157 cm³/mol. The minimum absolute atomic E-state index is 0.0222. The molecule has 7 nitrogen and oxygen atoms in total. The van der Waals surface area contributed by atoms with Crippen molar-refractivity contribution in [1.29, 1.82) is 0 Å². The van der Waals surface area contributed by atoms with Gasteiger partial charge in [-0.25, -0.2) is 9.78 Å². The van der Waals surface area contributed by atoms with Crippen molar-refractivity contribution in [3.63, 3.8) is 0 Å². The van der Waals surface area contributed by atoms with Crippen LogP contribution in [0.3, 0.4) is 0 Å². The van der Waals surface area contributed by atoms with E-state index in [0.717, 1.165) is 60.5 Å². The summed E-state index contributed by atoms with van der Waals surface area (Å²) in [5.41, 5.74) is -0.773. The Balaban J connectivity index is 1.62. The molecule has 1 saturated carbocycles. The lowest BCUT2D eigenvalue weighted by molar-refractivity contribution is -0.559. The molecule has 4 aliphatic heterocycles. The number of nitrogens with zero attached hydrogens (tertiary/aromatic N) is 2. The molecule has 37 heavy (non-hydrogen) atoms. The summed E-state index contributed by atoms with van der Waals surface area (Å²) >= 11 is 15.0. The second-order valence-corrected chi connectivity index (χ2v) is 14.7. The van der Waals surface area contributed by atoms with Gasteiger partial charge >= 0.3 is 5.97 Å². The quantitative estimate of drug-likeness (QED) is 0.149. The van der Waals surface area contributed by atoms with Crippen molar-refractivity contribution < 1.29 is 24.0 Å². The third-order valence-corrected chi connectivity index (χ3v) is 12.2. The summed E-state index contributed by atoms with van der Waals surface area (Å²) in [6, 6.07) is 0. The van der Waals surface area contributed by atoms with Crippen LogP contribution < -0.4 is 0 Å². The van der Waals surface area contributed by atoms with E-state index in [2.05, 4.69) is 44.4 Å². The summed E-state index contributed by atoms with van der Waals surface area (Å²) in [4.78, 5) is 30.2. The number of hydrogen-bond acceptors (Lipinski definition) is 9. The number of hydrogen-bond donors (Lipinski definition) is 0. The molecular formula is C26H42N2O5S4. The molecule has 5 aliphatic rings. The van der Waals surface area contributed by atoms with Crippen molar-refractivity contribution in [1.82, 2.24) is 9.80 Å². The van der Waals surface area contributed by atoms with Crippen LogP contribution in [0.4, 0.5) is 0 Å². The first-order valence-electron chi connectivity index (χ1n) is 13.8. The lowest BCUT2D eigenvalue weighted by Gasteiger charge is -2.58. The summed E-state index contributed by atoms with van der Waals surface area (Å²) in [7, 11) is 0. The molecule has 0 aromatic rings. The Morgan fingerprint density at radius 3 is 2.14 bits per heavy atom. The van der Waals surface area contributed by atoms with Crippen molar-refractivity contribution in [2.24, 2.45) is 23.7 Å². The summed E-state index contributed by atoms with van der Waals surface area (Å²) in [6.07, 6.45) is 3.44. The molecule has 1 spiro atoms. The zero-order valence-electron chi connectivity index (χ0n) is 22.9. The van der Waals surface area contributed by atoms with Crippen LogP contribution in [0.15, 0.2) is 0 Å². The van der Waals surface area contributed by atoms with Crippen LogP contribution in [0.2, 0.25) is 0 Å². The fourth-order valence-corrected chi connectivity index (χ4v) is 10.7. The van der Waals surface area contributed by atoms with Gasteiger partial charge in [0.25, 0.3) is 0 Å². The topological polar surface area (TPSA) is 60.5 Å². The smallest absolute Gasteiger partial charge is 0.311 e. The lowest BCUT2D eigenvalue weighted by Crippen LogP contribution is -2.70. The predicted octanol–water partition coefficient (Wildman–Crippen LogP) is 5.81. The van der Waals surface area contributed by atoms with E-state index < -0.39 is 17.7 Å². The molecule has 5 fully saturated rings. The van der Waals surface area contributed by atoms with Crippen molar-refractivity contribution >= 4 is 62.6 Å². The monoisotopic (exact) mass is 590 g/mol. The van der Waals surface area contributed by atoms with Crippen LogP contribution in [0.25, 0.3) is 0 Å². The SMILES string of the molecule is CCN(CC)C(=S)SC(C[C@H]1C(=O)O[C@@H]2O[C@@]3(C)CC[C@H]4[C@H](C)CC[C@@H]1[C@@]24OO3)SC(=S)N(CC)CC. The number of thiocarbonyl (C=S) groups is 2. The number of carbonyl (C=O) groups excluding carboxylic acids is 1. The first-order valence-corrected chi connectivity index (χ1v) is 16.4. The highest BCUT2D eigenvalue weighted by atomic mass is 32.2. The Bertz CT molecular complexity index is 846. The minimum atomic E-state index is -0.884. The highest BCUT2D eigenvalue weighted by Gasteiger charge is 2.70. The van der Waals surface area contributed by atoms with Gasteiger partial charge in [-0.3, -0.25) is 4.79 Å². The van der Waals surface area contributed by atoms with Gasteiger partial charge < -0.3 is 19.3 Å². The van der Waals surface area contributed by atoms with Crippen LogP contribution >= 0.6 is 48.0 Å². The Morgan fingerprint density at radius 2 is 1.57 bits per heavy atom. The van der Waals surface area contributed by atoms with Crippen LogP contribution in [-0.2, 0) is 24.0 Å². The van der Waals surface area contributed by atoms with Gasteiger partial charge in [-0.2, -0.15) is 0 Å². The Hall–Kier alpha value is -0.170. The van der Waals surface area contributed by atoms with Gasteiger partial charge in [0.15, 0.2) is 5.60 Å². The van der Waals surface area contributed by atoms with E-state index in [1.54, 1.807) is 23.5 Å². The van der Waals surface area contributed by atoms with Crippen molar-refractivity contribution in [3.8, 4) is 0 Å². The Labute approximate surface area is 241 Å². The number of ether oxygens (including phenoxy) is 2. The second-order valence-electron chi connectivity index (χ2n) is 10.7. The van der Waals surface area contributed by atoms with E-state index in [9.17, 15) is 4.79 Å². The van der Waals surface area contributed by atoms with Crippen molar-refractivity contribution in [2.75, 3.05) is 26.2 Å². The molecule has 0 aromatic heterocycles. The molecule has 11 heteroatoms. The first kappa shape index (κ1) is 29.8. The zero-order valence-corrected chi connectivity index (χ0v) is 26.2. The Kier molecular flexibility index (Phi) is 9.78. The molecule has 0 unspecified atom stereocenters. The third kappa shape index (κ3) is 5.70. The van der Waals surface area contributed by atoms with Gasteiger partial charge in [0, 0.05) is 44.4 Å². The van der Waals surface area contributed by atoms with Gasteiger partial charge in [0.2, 0.25) is 12.1 Å². The molecule has 210 valence electrons. The van der Waals surface area contributed by atoms with Crippen LogP contribution in [0, 0.1) is 23.7 Å². The van der Waals surface area contributed by atoms with Crippen LogP contribution in [0.1, 0.15) is 73.6 Å². The highest BCUT2D eigenvalue weighted by molar-refractivity contribution is 8.36. The van der Waals surface area contributed by atoms with E-state index in [-0.39, 0.29) is 28.3 Å². The highest BCUT2D eigenvalue weighted by Crippen LogP contribution is 2.60. The minimum Gasteiger partial charge on any atom is -0.432 e. The van der Waals surface area contributed by atoms with Crippen LogP contribution in [-0.4, -0.2) is 72.8 Å². The molecule has 0 amide bonds. The van der Waals surface area contributed by atoms with Crippen LogP contribution in [0.5, 0.6) is 0 Å². The molecule has 0 N–H and O–H groups in total. The maximum Gasteiger partial charge on any atom is 0.311 e. The standard InChI is InChI=1S/C26H42N2O5S4/c1-7-27(8-2)23(34)36-20(37-24(35)28(9-3)10-4)15-17-19-12-11-16(5)18-13-14-25(6)31-22(30-21(17)29)26(18,19)33-32-25/h16-20,22H,7-15H2,1-6H3/t16-,17-,18+,19+,22-,25-,26-/m1/s1. The first-order chi connectivity index (χ1) is 17.6. The molecule has 0 aromatic carbocycles. The largest absolute Gasteiger partial charge is 0.432 e.